The molecule has 0 bridgehead atoms. The summed E-state index contributed by atoms with van der Waals surface area (Å²) in [5.41, 5.74) is 1.43. The number of halogens is 1. The number of hydrogen-bond donors (Lipinski definition) is 2. The standard InChI is InChI=1S/C29H22ClN3O5S2/c1-38-23-14-12-20(13-15-23)31-26-27(29(35)33(28(26)34)22-7-3-2-4-8-22)39-24-9-5-6-21(18-24)32-40(36,37)25-16-10-19(30)11-17-25/h2-18,31-32H,1H3. The summed E-state index contributed by atoms with van der Waals surface area (Å²) >= 11 is 6.95. The van der Waals surface area contributed by atoms with Crippen LogP contribution in [-0.2, 0) is 19.6 Å². The molecule has 0 unspecified atom stereocenters. The van der Waals surface area contributed by atoms with Crippen LogP contribution in [0.15, 0.2) is 124 Å². The molecular formula is C29H22ClN3O5S2. The maximum atomic E-state index is 13.6. The molecule has 1 aliphatic rings. The van der Waals surface area contributed by atoms with E-state index in [4.69, 9.17) is 16.3 Å². The number of anilines is 3. The number of ether oxygens (including phenoxy) is 1. The number of benzene rings is 4. The number of nitrogens with one attached hydrogen (secondary N) is 2. The Labute approximate surface area is 240 Å². The lowest BCUT2D eigenvalue weighted by Gasteiger charge is -2.15. The Bertz CT molecular complexity index is 1710. The van der Waals surface area contributed by atoms with Crippen molar-refractivity contribution < 1.29 is 22.7 Å². The first-order chi connectivity index (χ1) is 19.2. The molecule has 5 rings (SSSR count). The van der Waals surface area contributed by atoms with Crippen LogP contribution < -0.4 is 19.7 Å². The van der Waals surface area contributed by atoms with Gasteiger partial charge in [0.15, 0.2) is 0 Å². The van der Waals surface area contributed by atoms with Gasteiger partial charge in [-0.25, -0.2) is 13.3 Å². The van der Waals surface area contributed by atoms with Gasteiger partial charge >= 0.3 is 0 Å². The first kappa shape index (κ1) is 27.3. The zero-order chi connectivity index (χ0) is 28.3. The molecule has 1 aliphatic heterocycles. The van der Waals surface area contributed by atoms with Gasteiger partial charge in [-0.2, -0.15) is 0 Å². The van der Waals surface area contributed by atoms with Gasteiger partial charge < -0.3 is 10.1 Å². The number of amides is 2. The first-order valence-electron chi connectivity index (χ1n) is 11.9. The summed E-state index contributed by atoms with van der Waals surface area (Å²) in [6.45, 7) is 0. The predicted octanol–water partition coefficient (Wildman–Crippen LogP) is 6.14. The van der Waals surface area contributed by atoms with Gasteiger partial charge in [0.05, 0.1) is 17.7 Å². The summed E-state index contributed by atoms with van der Waals surface area (Å²) in [7, 11) is -2.32. The van der Waals surface area contributed by atoms with Crippen LogP contribution in [0.1, 0.15) is 0 Å². The maximum Gasteiger partial charge on any atom is 0.283 e. The second-order valence-corrected chi connectivity index (χ2v) is 11.7. The van der Waals surface area contributed by atoms with Gasteiger partial charge in [0.1, 0.15) is 16.4 Å². The van der Waals surface area contributed by atoms with Crippen LogP contribution in [0.2, 0.25) is 5.02 Å². The third-order valence-electron chi connectivity index (χ3n) is 5.85. The van der Waals surface area contributed by atoms with Crippen molar-refractivity contribution in [3.63, 3.8) is 0 Å². The molecule has 0 radical (unpaired) electrons. The highest BCUT2D eigenvalue weighted by atomic mass is 35.5. The van der Waals surface area contributed by atoms with E-state index in [0.717, 1.165) is 16.7 Å². The Balaban J connectivity index is 1.46. The fraction of sp³-hybridized carbons (Fsp3) is 0.0345. The fourth-order valence-corrected chi connectivity index (χ4v) is 6.08. The molecule has 4 aromatic carbocycles. The van der Waals surface area contributed by atoms with Crippen molar-refractivity contribution in [2.24, 2.45) is 0 Å². The summed E-state index contributed by atoms with van der Waals surface area (Å²) in [4.78, 5) is 29.0. The monoisotopic (exact) mass is 591 g/mol. The molecule has 0 saturated heterocycles. The molecule has 1 heterocycles. The molecule has 2 N–H and O–H groups in total. The number of carbonyl (C=O) groups is 2. The van der Waals surface area contributed by atoms with Gasteiger partial charge in [-0.05, 0) is 78.9 Å². The lowest BCUT2D eigenvalue weighted by atomic mass is 10.2. The van der Waals surface area contributed by atoms with Crippen molar-refractivity contribution in [1.29, 1.82) is 0 Å². The molecule has 0 fully saturated rings. The van der Waals surface area contributed by atoms with E-state index in [0.29, 0.717) is 32.7 Å². The number of thioether (sulfide) groups is 1. The second kappa shape index (κ2) is 11.5. The molecule has 202 valence electrons. The van der Waals surface area contributed by atoms with E-state index in [2.05, 4.69) is 10.0 Å². The molecule has 40 heavy (non-hydrogen) atoms. The number of sulfonamides is 1. The van der Waals surface area contributed by atoms with E-state index < -0.39 is 21.8 Å². The molecule has 0 atom stereocenters. The molecule has 2 amide bonds. The average Bonchev–Trinajstić information content (AvgIpc) is 3.18. The van der Waals surface area contributed by atoms with Gasteiger partial charge in [-0.1, -0.05) is 47.6 Å². The van der Waals surface area contributed by atoms with Crippen molar-refractivity contribution in [3.8, 4) is 5.75 Å². The number of nitrogens with zero attached hydrogens (tertiary/aromatic N) is 1. The zero-order valence-electron chi connectivity index (χ0n) is 21.0. The number of imide groups is 1. The van der Waals surface area contributed by atoms with Crippen LogP contribution in [0.4, 0.5) is 17.1 Å². The number of methoxy groups -OCH3 is 1. The normalized spacial score (nSPS) is 13.5. The van der Waals surface area contributed by atoms with Crippen molar-refractivity contribution in [2.45, 2.75) is 9.79 Å². The molecule has 0 aliphatic carbocycles. The van der Waals surface area contributed by atoms with Crippen LogP contribution >= 0.6 is 23.4 Å². The van der Waals surface area contributed by atoms with E-state index >= 15 is 0 Å². The summed E-state index contributed by atoms with van der Waals surface area (Å²) in [5.74, 6) is -0.356. The molecule has 0 aromatic heterocycles. The van der Waals surface area contributed by atoms with E-state index in [-0.39, 0.29) is 15.5 Å². The quantitative estimate of drug-likeness (QED) is 0.225. The van der Waals surface area contributed by atoms with Crippen molar-refractivity contribution in [3.05, 3.63) is 119 Å². The van der Waals surface area contributed by atoms with E-state index in [1.807, 2.05) is 0 Å². The lowest BCUT2D eigenvalue weighted by Crippen LogP contribution is -2.32. The molecule has 0 spiro atoms. The van der Waals surface area contributed by atoms with Crippen LogP contribution in [0, 0.1) is 0 Å². The van der Waals surface area contributed by atoms with E-state index in [9.17, 15) is 18.0 Å². The van der Waals surface area contributed by atoms with Gasteiger partial charge in [0.2, 0.25) is 0 Å². The van der Waals surface area contributed by atoms with Gasteiger partial charge in [0, 0.05) is 21.3 Å². The Kier molecular flexibility index (Phi) is 7.83. The SMILES string of the molecule is COc1ccc(NC2=C(Sc3cccc(NS(=O)(=O)c4ccc(Cl)cc4)c3)C(=O)N(c3ccccc3)C2=O)cc1. The molecule has 11 heteroatoms. The third kappa shape index (κ3) is 5.84. The largest absolute Gasteiger partial charge is 0.497 e. The minimum absolute atomic E-state index is 0.0544. The molecule has 4 aromatic rings. The zero-order valence-corrected chi connectivity index (χ0v) is 23.4. The number of rotatable bonds is 9. The second-order valence-electron chi connectivity index (χ2n) is 8.53. The lowest BCUT2D eigenvalue weighted by molar-refractivity contribution is -0.120. The Morgan fingerprint density at radius 1 is 0.800 bits per heavy atom. The third-order valence-corrected chi connectivity index (χ3v) is 8.57. The van der Waals surface area contributed by atoms with Crippen LogP contribution in [0.25, 0.3) is 0 Å². The first-order valence-corrected chi connectivity index (χ1v) is 14.6. The Morgan fingerprint density at radius 2 is 1.50 bits per heavy atom. The summed E-state index contributed by atoms with van der Waals surface area (Å²) in [6, 6.07) is 28.0. The average molecular weight is 592 g/mol. The number of para-hydroxylation sites is 1. The smallest absolute Gasteiger partial charge is 0.283 e. The Morgan fingerprint density at radius 3 is 2.17 bits per heavy atom. The number of hydrogen-bond acceptors (Lipinski definition) is 7. The van der Waals surface area contributed by atoms with Gasteiger partial charge in [-0.3, -0.25) is 14.3 Å². The summed E-state index contributed by atoms with van der Waals surface area (Å²) < 4.78 is 33.5. The van der Waals surface area contributed by atoms with E-state index in [1.54, 1.807) is 86.0 Å². The highest BCUT2D eigenvalue weighted by molar-refractivity contribution is 8.04. The molecule has 0 saturated carbocycles. The number of carbonyl (C=O) groups excluding carboxylic acids is 2. The molecule has 8 nitrogen and oxygen atoms in total. The van der Waals surface area contributed by atoms with Crippen LogP contribution in [0.5, 0.6) is 5.75 Å². The van der Waals surface area contributed by atoms with Crippen molar-refractivity contribution in [1.82, 2.24) is 0 Å². The fourth-order valence-electron chi connectivity index (χ4n) is 3.91. The summed E-state index contributed by atoms with van der Waals surface area (Å²) in [6.07, 6.45) is 0. The van der Waals surface area contributed by atoms with Crippen LogP contribution in [-0.4, -0.2) is 27.3 Å². The van der Waals surface area contributed by atoms with Crippen molar-refractivity contribution >= 4 is 62.3 Å². The van der Waals surface area contributed by atoms with E-state index in [1.165, 1.54) is 24.3 Å². The highest BCUT2D eigenvalue weighted by Gasteiger charge is 2.40. The van der Waals surface area contributed by atoms with Gasteiger partial charge in [-0.15, -0.1) is 0 Å². The molecular weight excluding hydrogens is 570 g/mol. The predicted molar refractivity (Wildman–Crippen MR) is 157 cm³/mol. The van der Waals surface area contributed by atoms with Gasteiger partial charge in [0.25, 0.3) is 21.8 Å². The Hall–Kier alpha value is -4.25. The van der Waals surface area contributed by atoms with Crippen LogP contribution in [0.3, 0.4) is 0 Å². The maximum absolute atomic E-state index is 13.6. The minimum atomic E-state index is -3.88. The topological polar surface area (TPSA) is 105 Å². The van der Waals surface area contributed by atoms with Crippen molar-refractivity contribution in [2.75, 3.05) is 22.0 Å². The summed E-state index contributed by atoms with van der Waals surface area (Å²) in [5, 5.41) is 3.51. The minimum Gasteiger partial charge on any atom is -0.497 e. The highest BCUT2D eigenvalue weighted by Crippen LogP contribution is 2.38.